The van der Waals surface area contributed by atoms with Crippen molar-refractivity contribution in [2.24, 2.45) is 5.92 Å². The van der Waals surface area contributed by atoms with Crippen LogP contribution in [-0.4, -0.2) is 17.1 Å². The molecule has 82 valence electrons. The lowest BCUT2D eigenvalue weighted by atomic mass is 10.2. The van der Waals surface area contributed by atoms with Gasteiger partial charge in [-0.05, 0) is 31.4 Å². The first-order chi connectivity index (χ1) is 7.70. The highest BCUT2D eigenvalue weighted by Gasteiger charge is 2.33. The quantitative estimate of drug-likeness (QED) is 0.571. The number of nitrogens with zero attached hydrogens (tertiary/aromatic N) is 1. The van der Waals surface area contributed by atoms with Crippen LogP contribution < -0.4 is 0 Å². The van der Waals surface area contributed by atoms with Crippen molar-refractivity contribution in [2.45, 2.75) is 25.9 Å². The third-order valence-corrected chi connectivity index (χ3v) is 2.56. The van der Waals surface area contributed by atoms with Gasteiger partial charge in [0, 0.05) is 18.3 Å². The topological polar surface area (TPSA) is 39.2 Å². The van der Waals surface area contributed by atoms with E-state index >= 15 is 0 Å². The molecule has 3 nitrogen and oxygen atoms in total. The monoisotopic (exact) mass is 215 g/mol. The van der Waals surface area contributed by atoms with Crippen LogP contribution in [0.3, 0.4) is 0 Å². The molecule has 0 amide bonds. The molecule has 0 N–H and O–H groups in total. The molecule has 1 aliphatic rings. The van der Waals surface area contributed by atoms with Crippen LogP contribution in [0.5, 0.6) is 0 Å². The van der Waals surface area contributed by atoms with Crippen LogP contribution in [-0.2, 0) is 4.74 Å². The Labute approximate surface area is 94.8 Å². The normalized spacial score (nSPS) is 16.2. The molecule has 1 unspecified atom stereocenters. The Morgan fingerprint density at radius 3 is 2.94 bits per heavy atom. The number of carbonyl (C=O) groups is 1. The van der Waals surface area contributed by atoms with Gasteiger partial charge >= 0.3 is 5.97 Å². The highest BCUT2D eigenvalue weighted by molar-refractivity contribution is 5.89. The summed E-state index contributed by atoms with van der Waals surface area (Å²) in [5, 5.41) is 0. The summed E-state index contributed by atoms with van der Waals surface area (Å²) >= 11 is 0. The minimum absolute atomic E-state index is 0.353. The predicted molar refractivity (Wildman–Crippen MR) is 59.7 cm³/mol. The van der Waals surface area contributed by atoms with E-state index in [2.05, 4.69) is 10.9 Å². The van der Waals surface area contributed by atoms with Gasteiger partial charge in [0.05, 0.1) is 5.56 Å². The van der Waals surface area contributed by atoms with Crippen molar-refractivity contribution >= 4 is 5.97 Å². The molecule has 0 aliphatic heterocycles. The Balaban J connectivity index is 2.05. The molecule has 0 saturated heterocycles. The maximum Gasteiger partial charge on any atom is 0.340 e. The first-order valence-corrected chi connectivity index (χ1v) is 5.29. The van der Waals surface area contributed by atoms with Crippen molar-refractivity contribution in [3.8, 4) is 12.3 Å². The molecule has 1 saturated carbocycles. The summed E-state index contributed by atoms with van der Waals surface area (Å²) in [6.07, 6.45) is 10.2. The molecule has 2 rings (SSSR count). The summed E-state index contributed by atoms with van der Waals surface area (Å²) in [7, 11) is 0. The lowest BCUT2D eigenvalue weighted by molar-refractivity contribution is 0.0373. The Morgan fingerprint density at radius 1 is 1.62 bits per heavy atom. The van der Waals surface area contributed by atoms with Gasteiger partial charge in [-0.15, -0.1) is 6.42 Å². The van der Waals surface area contributed by atoms with Crippen molar-refractivity contribution in [2.75, 3.05) is 0 Å². The van der Waals surface area contributed by atoms with Crippen LogP contribution in [0.4, 0.5) is 0 Å². The van der Waals surface area contributed by atoms with Crippen LogP contribution in [0, 0.1) is 25.2 Å². The van der Waals surface area contributed by atoms with Crippen molar-refractivity contribution in [3.05, 3.63) is 29.6 Å². The van der Waals surface area contributed by atoms with Crippen LogP contribution in [0.2, 0.25) is 0 Å². The fourth-order valence-electron chi connectivity index (χ4n) is 1.52. The van der Waals surface area contributed by atoms with Gasteiger partial charge in [-0.1, -0.05) is 5.92 Å². The van der Waals surface area contributed by atoms with Gasteiger partial charge < -0.3 is 4.74 Å². The number of rotatable bonds is 3. The number of aryl methyl sites for hydroxylation is 1. The van der Waals surface area contributed by atoms with E-state index in [-0.39, 0.29) is 12.1 Å². The van der Waals surface area contributed by atoms with Crippen LogP contribution in [0.1, 0.15) is 28.8 Å². The van der Waals surface area contributed by atoms with E-state index in [1.807, 2.05) is 6.92 Å². The molecule has 1 heterocycles. The third-order valence-electron chi connectivity index (χ3n) is 2.56. The Kier molecular flexibility index (Phi) is 2.91. The standard InChI is InChI=1S/C13H13NO2/c1-3-12(10-4-5-10)16-13(15)11-6-9(2)7-14-8-11/h1,6-8,10,12H,4-5H2,2H3. The van der Waals surface area contributed by atoms with E-state index in [0.29, 0.717) is 11.5 Å². The zero-order valence-electron chi connectivity index (χ0n) is 9.14. The Bertz CT molecular complexity index is 443. The summed E-state index contributed by atoms with van der Waals surface area (Å²) in [4.78, 5) is 15.7. The molecule has 0 aromatic carbocycles. The van der Waals surface area contributed by atoms with Crippen molar-refractivity contribution in [1.82, 2.24) is 4.98 Å². The fraction of sp³-hybridized carbons (Fsp3) is 0.385. The number of ether oxygens (including phenoxy) is 1. The number of hydrogen-bond acceptors (Lipinski definition) is 3. The van der Waals surface area contributed by atoms with Crippen molar-refractivity contribution in [1.29, 1.82) is 0 Å². The van der Waals surface area contributed by atoms with Crippen molar-refractivity contribution < 1.29 is 9.53 Å². The van der Waals surface area contributed by atoms with E-state index in [4.69, 9.17) is 11.2 Å². The number of esters is 1. The average Bonchev–Trinajstić information content (AvgIpc) is 3.09. The van der Waals surface area contributed by atoms with Gasteiger partial charge in [0.15, 0.2) is 6.10 Å². The van der Waals surface area contributed by atoms with E-state index in [0.717, 1.165) is 18.4 Å². The number of hydrogen-bond donors (Lipinski definition) is 0. The van der Waals surface area contributed by atoms with E-state index in [9.17, 15) is 4.79 Å². The molecular formula is C13H13NO2. The first kappa shape index (κ1) is 10.7. The zero-order valence-corrected chi connectivity index (χ0v) is 9.14. The van der Waals surface area contributed by atoms with E-state index in [1.54, 1.807) is 12.3 Å². The fourth-order valence-corrected chi connectivity index (χ4v) is 1.52. The van der Waals surface area contributed by atoms with Crippen LogP contribution >= 0.6 is 0 Å². The van der Waals surface area contributed by atoms with Gasteiger partial charge in [0.1, 0.15) is 0 Å². The van der Waals surface area contributed by atoms with Crippen LogP contribution in [0.25, 0.3) is 0 Å². The molecule has 1 aliphatic carbocycles. The highest BCUT2D eigenvalue weighted by atomic mass is 16.5. The largest absolute Gasteiger partial charge is 0.445 e. The minimum Gasteiger partial charge on any atom is -0.445 e. The van der Waals surface area contributed by atoms with Crippen LogP contribution in [0.15, 0.2) is 18.5 Å². The minimum atomic E-state index is -0.383. The molecule has 1 fully saturated rings. The van der Waals surface area contributed by atoms with Gasteiger partial charge in [-0.25, -0.2) is 4.79 Å². The smallest absolute Gasteiger partial charge is 0.340 e. The summed E-state index contributed by atoms with van der Waals surface area (Å²) in [5.74, 6) is 2.49. The number of carbonyl (C=O) groups excluding carboxylic acids is 1. The molecule has 1 aromatic heterocycles. The molecule has 16 heavy (non-hydrogen) atoms. The first-order valence-electron chi connectivity index (χ1n) is 5.29. The maximum atomic E-state index is 11.7. The van der Waals surface area contributed by atoms with Gasteiger partial charge in [0.25, 0.3) is 0 Å². The van der Waals surface area contributed by atoms with E-state index in [1.165, 1.54) is 6.20 Å². The number of pyridine rings is 1. The SMILES string of the molecule is C#CC(OC(=O)c1cncc(C)c1)C1CC1. The lowest BCUT2D eigenvalue weighted by Gasteiger charge is -2.11. The predicted octanol–water partition coefficient (Wildman–Crippen LogP) is 1.96. The third kappa shape index (κ3) is 2.40. The average molecular weight is 215 g/mol. The lowest BCUT2D eigenvalue weighted by Crippen LogP contribution is -2.18. The molecule has 1 aromatic rings. The Hall–Kier alpha value is -1.82. The molecule has 0 spiro atoms. The number of terminal acetylenes is 1. The second kappa shape index (κ2) is 4.36. The van der Waals surface area contributed by atoms with Gasteiger partial charge in [0.2, 0.25) is 0 Å². The second-order valence-electron chi connectivity index (χ2n) is 4.08. The van der Waals surface area contributed by atoms with Gasteiger partial charge in [-0.3, -0.25) is 4.98 Å². The summed E-state index contributed by atoms with van der Waals surface area (Å²) < 4.78 is 5.25. The van der Waals surface area contributed by atoms with Gasteiger partial charge in [-0.2, -0.15) is 0 Å². The Morgan fingerprint density at radius 2 is 2.38 bits per heavy atom. The number of aromatic nitrogens is 1. The summed E-state index contributed by atoms with van der Waals surface area (Å²) in [6.45, 7) is 1.88. The maximum absolute atomic E-state index is 11.7. The highest BCUT2D eigenvalue weighted by Crippen LogP contribution is 2.34. The molecular weight excluding hydrogens is 202 g/mol. The molecule has 0 bridgehead atoms. The molecule has 0 radical (unpaired) electrons. The summed E-state index contributed by atoms with van der Waals surface area (Å²) in [6, 6.07) is 1.75. The second-order valence-corrected chi connectivity index (χ2v) is 4.08. The van der Waals surface area contributed by atoms with Crippen molar-refractivity contribution in [3.63, 3.8) is 0 Å². The van der Waals surface area contributed by atoms with E-state index < -0.39 is 0 Å². The molecule has 3 heteroatoms. The summed E-state index contributed by atoms with van der Waals surface area (Å²) in [5.41, 5.74) is 1.39. The zero-order chi connectivity index (χ0) is 11.5. The molecule has 1 atom stereocenters.